The van der Waals surface area contributed by atoms with Gasteiger partial charge in [0.2, 0.25) is 5.91 Å². The summed E-state index contributed by atoms with van der Waals surface area (Å²) < 4.78 is 0. The van der Waals surface area contributed by atoms with Gasteiger partial charge in [0.05, 0.1) is 13.0 Å². The van der Waals surface area contributed by atoms with Gasteiger partial charge in [-0.25, -0.2) is 0 Å². The molecule has 0 saturated carbocycles. The van der Waals surface area contributed by atoms with Gasteiger partial charge in [-0.2, -0.15) is 11.8 Å². The van der Waals surface area contributed by atoms with E-state index in [0.717, 1.165) is 24.5 Å². The van der Waals surface area contributed by atoms with Crippen molar-refractivity contribution in [1.29, 1.82) is 0 Å². The highest BCUT2D eigenvalue weighted by Gasteiger charge is 2.26. The molecule has 104 valence electrons. The van der Waals surface area contributed by atoms with Gasteiger partial charge in [0.15, 0.2) is 0 Å². The van der Waals surface area contributed by atoms with Gasteiger partial charge < -0.3 is 10.4 Å². The topological polar surface area (TPSA) is 69.6 Å². The molecule has 18 heavy (non-hydrogen) atoms. The number of carbonyl (C=O) groups excluding carboxylic acids is 1. The van der Waals surface area contributed by atoms with Crippen LogP contribution in [-0.4, -0.2) is 58.6 Å². The lowest BCUT2D eigenvalue weighted by atomic mass is 10.2. The summed E-state index contributed by atoms with van der Waals surface area (Å²) in [5.74, 6) is 0.955. The lowest BCUT2D eigenvalue weighted by Gasteiger charge is -2.34. The smallest absolute Gasteiger partial charge is 0.304 e. The Balaban J connectivity index is 2.46. The van der Waals surface area contributed by atoms with E-state index in [1.807, 2.05) is 18.7 Å². The van der Waals surface area contributed by atoms with E-state index in [0.29, 0.717) is 6.54 Å². The summed E-state index contributed by atoms with van der Waals surface area (Å²) in [5.41, 5.74) is 0. The second-order valence-corrected chi connectivity index (χ2v) is 5.82. The average molecular weight is 274 g/mol. The van der Waals surface area contributed by atoms with E-state index in [2.05, 4.69) is 5.32 Å². The third-order valence-corrected chi connectivity index (χ3v) is 4.22. The van der Waals surface area contributed by atoms with Crippen molar-refractivity contribution in [3.8, 4) is 0 Å². The summed E-state index contributed by atoms with van der Waals surface area (Å²) in [6.45, 7) is 5.09. The Morgan fingerprint density at radius 1 is 1.56 bits per heavy atom. The number of hydrogen-bond acceptors (Lipinski definition) is 4. The van der Waals surface area contributed by atoms with Crippen molar-refractivity contribution in [2.45, 2.75) is 38.8 Å². The molecule has 1 aliphatic rings. The van der Waals surface area contributed by atoms with Gasteiger partial charge in [-0.15, -0.1) is 0 Å². The van der Waals surface area contributed by atoms with Crippen LogP contribution in [0.25, 0.3) is 0 Å². The van der Waals surface area contributed by atoms with Crippen LogP contribution in [0.3, 0.4) is 0 Å². The molecule has 6 heteroatoms. The van der Waals surface area contributed by atoms with Gasteiger partial charge in [0, 0.05) is 30.1 Å². The minimum absolute atomic E-state index is 0.00774. The summed E-state index contributed by atoms with van der Waals surface area (Å²) >= 11 is 1.76. The molecule has 0 spiro atoms. The maximum atomic E-state index is 11.8. The second-order valence-electron chi connectivity index (χ2n) is 4.67. The Morgan fingerprint density at radius 2 is 2.28 bits per heavy atom. The molecule has 2 atom stereocenters. The largest absolute Gasteiger partial charge is 0.481 e. The molecule has 0 bridgehead atoms. The Morgan fingerprint density at radius 3 is 2.89 bits per heavy atom. The van der Waals surface area contributed by atoms with Crippen molar-refractivity contribution in [3.63, 3.8) is 0 Å². The highest BCUT2D eigenvalue weighted by molar-refractivity contribution is 7.99. The van der Waals surface area contributed by atoms with Crippen molar-refractivity contribution in [2.75, 3.05) is 24.6 Å². The molecule has 1 rings (SSSR count). The molecule has 1 saturated heterocycles. The number of amides is 1. The first-order chi connectivity index (χ1) is 8.52. The number of rotatable bonds is 6. The summed E-state index contributed by atoms with van der Waals surface area (Å²) in [5, 5.41) is 11.8. The summed E-state index contributed by atoms with van der Waals surface area (Å²) in [6, 6.07) is 0.151. The number of thioether (sulfide) groups is 1. The molecule has 0 aromatic carbocycles. The van der Waals surface area contributed by atoms with E-state index >= 15 is 0 Å². The molecule has 1 heterocycles. The number of nitrogens with one attached hydrogen (secondary N) is 1. The SMILES string of the molecule is CCC(C)NC(=O)CN1CCSCC1CC(=O)O. The predicted molar refractivity (Wildman–Crippen MR) is 72.8 cm³/mol. The second kappa shape index (κ2) is 7.63. The molecule has 2 N–H and O–H groups in total. The fraction of sp³-hybridized carbons (Fsp3) is 0.833. The van der Waals surface area contributed by atoms with Crippen LogP contribution in [0.4, 0.5) is 0 Å². The van der Waals surface area contributed by atoms with E-state index in [-0.39, 0.29) is 24.4 Å². The first-order valence-electron chi connectivity index (χ1n) is 6.35. The van der Waals surface area contributed by atoms with E-state index < -0.39 is 5.97 Å². The number of carboxylic acids is 1. The summed E-state index contributed by atoms with van der Waals surface area (Å²) in [6.07, 6.45) is 1.02. The van der Waals surface area contributed by atoms with Crippen molar-refractivity contribution in [2.24, 2.45) is 0 Å². The zero-order valence-corrected chi connectivity index (χ0v) is 11.8. The molecular weight excluding hydrogens is 252 g/mol. The van der Waals surface area contributed by atoms with Crippen molar-refractivity contribution < 1.29 is 14.7 Å². The first-order valence-corrected chi connectivity index (χ1v) is 7.51. The van der Waals surface area contributed by atoms with Crippen LogP contribution in [0.5, 0.6) is 0 Å². The summed E-state index contributed by atoms with van der Waals surface area (Å²) in [4.78, 5) is 24.6. The number of carboxylic acid groups (broad SMARTS) is 1. The Hall–Kier alpha value is -0.750. The van der Waals surface area contributed by atoms with Crippen molar-refractivity contribution in [3.05, 3.63) is 0 Å². The quantitative estimate of drug-likeness (QED) is 0.749. The normalized spacial score (nSPS) is 22.4. The van der Waals surface area contributed by atoms with Gasteiger partial charge in [-0.3, -0.25) is 14.5 Å². The van der Waals surface area contributed by atoms with Crippen LogP contribution in [-0.2, 0) is 9.59 Å². The first kappa shape index (κ1) is 15.3. The lowest BCUT2D eigenvalue weighted by Crippen LogP contribution is -2.49. The van der Waals surface area contributed by atoms with Gasteiger partial charge in [0.1, 0.15) is 0 Å². The molecular formula is C12H22N2O3S. The van der Waals surface area contributed by atoms with Gasteiger partial charge in [0.25, 0.3) is 0 Å². The average Bonchev–Trinajstić information content (AvgIpc) is 2.30. The van der Waals surface area contributed by atoms with Gasteiger partial charge in [-0.05, 0) is 13.3 Å². The Bertz CT molecular complexity index is 299. The zero-order valence-electron chi connectivity index (χ0n) is 11.0. The number of hydrogen-bond donors (Lipinski definition) is 2. The minimum Gasteiger partial charge on any atom is -0.481 e. The van der Waals surface area contributed by atoms with Gasteiger partial charge >= 0.3 is 5.97 Å². The Labute approximate surface area is 112 Å². The number of nitrogens with zero attached hydrogens (tertiary/aromatic N) is 1. The Kier molecular flexibility index (Phi) is 6.49. The number of carbonyl (C=O) groups is 2. The van der Waals surface area contributed by atoms with E-state index in [4.69, 9.17) is 5.11 Å². The summed E-state index contributed by atoms with van der Waals surface area (Å²) in [7, 11) is 0. The van der Waals surface area contributed by atoms with Crippen LogP contribution in [0, 0.1) is 0 Å². The molecule has 5 nitrogen and oxygen atoms in total. The highest BCUT2D eigenvalue weighted by Crippen LogP contribution is 2.18. The molecule has 0 aromatic rings. The van der Waals surface area contributed by atoms with E-state index in [1.54, 1.807) is 11.8 Å². The molecule has 2 unspecified atom stereocenters. The maximum absolute atomic E-state index is 11.8. The molecule has 0 aromatic heterocycles. The van der Waals surface area contributed by atoms with Crippen molar-refractivity contribution in [1.82, 2.24) is 10.2 Å². The highest BCUT2D eigenvalue weighted by atomic mass is 32.2. The van der Waals surface area contributed by atoms with Crippen LogP contribution in [0.15, 0.2) is 0 Å². The monoisotopic (exact) mass is 274 g/mol. The lowest BCUT2D eigenvalue weighted by molar-refractivity contribution is -0.138. The molecule has 0 aliphatic carbocycles. The third-order valence-electron chi connectivity index (χ3n) is 3.13. The molecule has 1 aliphatic heterocycles. The zero-order chi connectivity index (χ0) is 13.5. The van der Waals surface area contributed by atoms with Crippen LogP contribution in [0.1, 0.15) is 26.7 Å². The minimum atomic E-state index is -0.796. The molecule has 1 fully saturated rings. The van der Waals surface area contributed by atoms with E-state index in [9.17, 15) is 9.59 Å². The van der Waals surface area contributed by atoms with Crippen LogP contribution in [0.2, 0.25) is 0 Å². The molecule has 0 radical (unpaired) electrons. The van der Waals surface area contributed by atoms with Crippen molar-refractivity contribution >= 4 is 23.6 Å². The molecule has 1 amide bonds. The maximum Gasteiger partial charge on any atom is 0.304 e. The van der Waals surface area contributed by atoms with Crippen LogP contribution < -0.4 is 5.32 Å². The fourth-order valence-corrected chi connectivity index (χ4v) is 3.02. The predicted octanol–water partition coefficient (Wildman–Crippen LogP) is 0.793. The van der Waals surface area contributed by atoms with E-state index in [1.165, 1.54) is 0 Å². The van der Waals surface area contributed by atoms with Gasteiger partial charge in [-0.1, -0.05) is 6.92 Å². The number of aliphatic carboxylic acids is 1. The standard InChI is InChI=1S/C12H22N2O3S/c1-3-9(2)13-11(15)7-14-4-5-18-8-10(14)6-12(16)17/h9-10H,3-8H2,1-2H3,(H,13,15)(H,16,17). The third kappa shape index (κ3) is 5.27. The fourth-order valence-electron chi connectivity index (χ4n) is 1.89. The van der Waals surface area contributed by atoms with Crippen LogP contribution >= 0.6 is 11.8 Å².